The molecule has 0 aromatic carbocycles. The molecule has 1 aliphatic rings. The Hall–Kier alpha value is -2.12. The Morgan fingerprint density at radius 1 is 1.50 bits per heavy atom. The molecule has 1 unspecified atom stereocenters. The molecule has 0 aliphatic carbocycles. The van der Waals surface area contributed by atoms with Crippen LogP contribution in [0.25, 0.3) is 0 Å². The second-order valence-electron chi connectivity index (χ2n) is 4.55. The number of carboxylic acid groups (broad SMARTS) is 1. The SMILES string of the molecule is COC(=O)CC[C@H](NC(=O)C1CCC(=O)NC1)C(=O)O. The average Bonchev–Trinajstić information content (AvgIpc) is 2.43. The third-order valence-electron chi connectivity index (χ3n) is 3.12. The van der Waals surface area contributed by atoms with Gasteiger partial charge in [-0.15, -0.1) is 0 Å². The number of carbonyl (C=O) groups is 4. The number of hydrogen-bond acceptors (Lipinski definition) is 5. The van der Waals surface area contributed by atoms with Crippen LogP contribution >= 0.6 is 0 Å². The summed E-state index contributed by atoms with van der Waals surface area (Å²) in [5.41, 5.74) is 0. The van der Waals surface area contributed by atoms with Crippen molar-refractivity contribution < 1.29 is 29.0 Å². The van der Waals surface area contributed by atoms with E-state index in [2.05, 4.69) is 15.4 Å². The highest BCUT2D eigenvalue weighted by Gasteiger charge is 2.28. The van der Waals surface area contributed by atoms with Gasteiger partial charge in [-0.2, -0.15) is 0 Å². The Balaban J connectivity index is 2.48. The molecule has 8 heteroatoms. The zero-order valence-corrected chi connectivity index (χ0v) is 11.2. The minimum atomic E-state index is -1.21. The number of ether oxygens (including phenoxy) is 1. The molecule has 3 N–H and O–H groups in total. The van der Waals surface area contributed by atoms with Gasteiger partial charge in [0.05, 0.1) is 13.0 Å². The van der Waals surface area contributed by atoms with Gasteiger partial charge in [0.15, 0.2) is 0 Å². The van der Waals surface area contributed by atoms with E-state index in [4.69, 9.17) is 5.11 Å². The van der Waals surface area contributed by atoms with Gasteiger partial charge in [-0.3, -0.25) is 14.4 Å². The van der Waals surface area contributed by atoms with Gasteiger partial charge in [-0.25, -0.2) is 4.79 Å². The molecule has 0 saturated carbocycles. The first-order valence-electron chi connectivity index (χ1n) is 6.30. The van der Waals surface area contributed by atoms with E-state index < -0.39 is 29.8 Å². The topological polar surface area (TPSA) is 122 Å². The highest BCUT2D eigenvalue weighted by molar-refractivity contribution is 5.87. The van der Waals surface area contributed by atoms with Crippen molar-refractivity contribution in [2.45, 2.75) is 31.7 Å². The molecule has 1 aliphatic heterocycles. The van der Waals surface area contributed by atoms with Crippen LogP contribution < -0.4 is 10.6 Å². The fraction of sp³-hybridized carbons (Fsp3) is 0.667. The predicted octanol–water partition coefficient (Wildman–Crippen LogP) is -0.965. The first-order valence-corrected chi connectivity index (χ1v) is 6.30. The Labute approximate surface area is 115 Å². The molecule has 1 fully saturated rings. The second-order valence-corrected chi connectivity index (χ2v) is 4.55. The van der Waals surface area contributed by atoms with Gasteiger partial charge in [0.1, 0.15) is 6.04 Å². The number of piperidine rings is 1. The maximum Gasteiger partial charge on any atom is 0.326 e. The lowest BCUT2D eigenvalue weighted by atomic mass is 9.97. The fourth-order valence-corrected chi connectivity index (χ4v) is 1.87. The first-order chi connectivity index (χ1) is 9.43. The summed E-state index contributed by atoms with van der Waals surface area (Å²) < 4.78 is 4.42. The number of nitrogens with one attached hydrogen (secondary N) is 2. The lowest BCUT2D eigenvalue weighted by molar-refractivity contribution is -0.145. The molecule has 1 heterocycles. The zero-order chi connectivity index (χ0) is 15.1. The molecule has 1 saturated heterocycles. The quantitative estimate of drug-likeness (QED) is 0.540. The van der Waals surface area contributed by atoms with Gasteiger partial charge in [-0.05, 0) is 12.8 Å². The molecular weight excluding hydrogens is 268 g/mol. The number of methoxy groups -OCH3 is 1. The van der Waals surface area contributed by atoms with Gasteiger partial charge in [-0.1, -0.05) is 0 Å². The van der Waals surface area contributed by atoms with Crippen LogP contribution in [0.3, 0.4) is 0 Å². The molecular formula is C12H18N2O6. The molecule has 0 radical (unpaired) electrons. The van der Waals surface area contributed by atoms with Gasteiger partial charge in [0.2, 0.25) is 11.8 Å². The molecule has 112 valence electrons. The van der Waals surface area contributed by atoms with Crippen molar-refractivity contribution in [3.05, 3.63) is 0 Å². The van der Waals surface area contributed by atoms with E-state index >= 15 is 0 Å². The number of amides is 2. The van der Waals surface area contributed by atoms with Gasteiger partial charge < -0.3 is 20.5 Å². The smallest absolute Gasteiger partial charge is 0.326 e. The van der Waals surface area contributed by atoms with Crippen molar-refractivity contribution in [3.63, 3.8) is 0 Å². The molecule has 0 bridgehead atoms. The highest BCUT2D eigenvalue weighted by atomic mass is 16.5. The minimum Gasteiger partial charge on any atom is -0.480 e. The van der Waals surface area contributed by atoms with Crippen LogP contribution in [0.5, 0.6) is 0 Å². The van der Waals surface area contributed by atoms with E-state index in [0.29, 0.717) is 6.42 Å². The first kappa shape index (κ1) is 15.9. The largest absolute Gasteiger partial charge is 0.480 e. The molecule has 1 rings (SSSR count). The molecule has 8 nitrogen and oxygen atoms in total. The summed E-state index contributed by atoms with van der Waals surface area (Å²) in [5, 5.41) is 13.9. The number of carbonyl (C=O) groups excluding carboxylic acids is 3. The van der Waals surface area contributed by atoms with Crippen molar-refractivity contribution in [1.29, 1.82) is 0 Å². The summed E-state index contributed by atoms with van der Waals surface area (Å²) in [7, 11) is 1.21. The maximum atomic E-state index is 11.9. The summed E-state index contributed by atoms with van der Waals surface area (Å²) in [4.78, 5) is 44.9. The Morgan fingerprint density at radius 3 is 2.70 bits per heavy atom. The maximum absolute atomic E-state index is 11.9. The Bertz CT molecular complexity index is 399. The minimum absolute atomic E-state index is 0.0349. The molecule has 0 aromatic rings. The van der Waals surface area contributed by atoms with E-state index in [0.717, 1.165) is 0 Å². The van der Waals surface area contributed by atoms with Crippen molar-refractivity contribution in [2.75, 3.05) is 13.7 Å². The molecule has 2 amide bonds. The fourth-order valence-electron chi connectivity index (χ4n) is 1.87. The third-order valence-corrected chi connectivity index (χ3v) is 3.12. The van der Waals surface area contributed by atoms with Crippen LogP contribution in [0.15, 0.2) is 0 Å². The van der Waals surface area contributed by atoms with Gasteiger partial charge in [0, 0.05) is 19.4 Å². The van der Waals surface area contributed by atoms with E-state index in [1.54, 1.807) is 0 Å². The number of aliphatic carboxylic acids is 1. The molecule has 2 atom stereocenters. The Kier molecular flexibility index (Phi) is 5.95. The monoisotopic (exact) mass is 286 g/mol. The molecule has 0 aromatic heterocycles. The number of carboxylic acids is 1. The number of hydrogen-bond donors (Lipinski definition) is 3. The van der Waals surface area contributed by atoms with Crippen molar-refractivity contribution >= 4 is 23.8 Å². The van der Waals surface area contributed by atoms with Crippen molar-refractivity contribution in [2.24, 2.45) is 5.92 Å². The average molecular weight is 286 g/mol. The van der Waals surface area contributed by atoms with E-state index in [1.807, 2.05) is 0 Å². The molecule has 20 heavy (non-hydrogen) atoms. The lowest BCUT2D eigenvalue weighted by Gasteiger charge is -2.23. The van der Waals surface area contributed by atoms with E-state index in [9.17, 15) is 19.2 Å². The normalized spacial score (nSPS) is 19.6. The van der Waals surface area contributed by atoms with Crippen molar-refractivity contribution in [1.82, 2.24) is 10.6 Å². The summed E-state index contributed by atoms with van der Waals surface area (Å²) in [5.74, 6) is -2.72. The summed E-state index contributed by atoms with van der Waals surface area (Å²) in [6.07, 6.45) is 0.515. The highest BCUT2D eigenvalue weighted by Crippen LogP contribution is 2.11. The van der Waals surface area contributed by atoms with Crippen LogP contribution in [0.1, 0.15) is 25.7 Å². The summed E-state index contributed by atoms with van der Waals surface area (Å²) >= 11 is 0. The number of esters is 1. The second kappa shape index (κ2) is 7.46. The van der Waals surface area contributed by atoms with Crippen LogP contribution in [0, 0.1) is 5.92 Å². The van der Waals surface area contributed by atoms with Crippen LogP contribution in [0.4, 0.5) is 0 Å². The Morgan fingerprint density at radius 2 is 2.20 bits per heavy atom. The standard InChI is InChI=1S/C12H18N2O6/c1-20-10(16)5-3-8(12(18)19)14-11(17)7-2-4-9(15)13-6-7/h7-8H,2-6H2,1H3,(H,13,15)(H,14,17)(H,18,19)/t7?,8-/m0/s1. The third kappa shape index (κ3) is 4.87. The zero-order valence-electron chi connectivity index (χ0n) is 11.2. The van der Waals surface area contributed by atoms with E-state index in [1.165, 1.54) is 7.11 Å². The number of rotatable bonds is 6. The van der Waals surface area contributed by atoms with Gasteiger partial charge in [0.25, 0.3) is 0 Å². The van der Waals surface area contributed by atoms with Crippen LogP contribution in [0.2, 0.25) is 0 Å². The summed E-state index contributed by atoms with van der Waals surface area (Å²) in [6, 6.07) is -1.14. The van der Waals surface area contributed by atoms with Crippen LogP contribution in [-0.4, -0.2) is 48.6 Å². The van der Waals surface area contributed by atoms with Gasteiger partial charge >= 0.3 is 11.9 Å². The predicted molar refractivity (Wildman–Crippen MR) is 66.6 cm³/mol. The van der Waals surface area contributed by atoms with E-state index in [-0.39, 0.29) is 31.7 Å². The lowest BCUT2D eigenvalue weighted by Crippen LogP contribution is -2.48. The summed E-state index contributed by atoms with van der Waals surface area (Å²) in [6.45, 7) is 0.202. The molecule has 0 spiro atoms. The van der Waals surface area contributed by atoms with Crippen molar-refractivity contribution in [3.8, 4) is 0 Å². The van der Waals surface area contributed by atoms with Crippen LogP contribution in [-0.2, 0) is 23.9 Å².